The van der Waals surface area contributed by atoms with Gasteiger partial charge in [0.25, 0.3) is 0 Å². The Kier molecular flexibility index (Phi) is 7.64. The lowest BCUT2D eigenvalue weighted by atomic mass is 9.85. The lowest BCUT2D eigenvalue weighted by Crippen LogP contribution is -2.50. The number of hydrogen-bond acceptors (Lipinski definition) is 10. The molecule has 0 amide bonds. The maximum atomic E-state index is 12.8. The van der Waals surface area contributed by atoms with Gasteiger partial charge < -0.3 is 25.2 Å². The van der Waals surface area contributed by atoms with E-state index in [1.807, 2.05) is 12.1 Å². The summed E-state index contributed by atoms with van der Waals surface area (Å²) in [6.07, 6.45) is 6.32. The van der Waals surface area contributed by atoms with Crippen LogP contribution >= 0.6 is 0 Å². The third-order valence-corrected chi connectivity index (χ3v) is 10.3. The molecule has 39 heavy (non-hydrogen) atoms. The molecule has 1 spiro atoms. The first-order valence-electron chi connectivity index (χ1n) is 13.4. The molecule has 10 nitrogen and oxygen atoms in total. The van der Waals surface area contributed by atoms with Crippen LogP contribution in [-0.2, 0) is 9.84 Å². The second kappa shape index (κ2) is 11.0. The molecule has 2 saturated heterocycles. The summed E-state index contributed by atoms with van der Waals surface area (Å²) in [5.74, 6) is 1.23. The molecule has 2 aliphatic rings. The van der Waals surface area contributed by atoms with Gasteiger partial charge in [-0.2, -0.15) is 4.98 Å². The molecule has 5 rings (SSSR count). The van der Waals surface area contributed by atoms with E-state index in [-0.39, 0.29) is 10.8 Å². The van der Waals surface area contributed by atoms with Crippen molar-refractivity contribution in [2.24, 2.45) is 0 Å². The standard InChI is InChI=1S/C28H37N7O3S/c1-20(2)39(36,37)25-9-6-5-8-23(25)32-27-30-19-29-26(33-27)31-22-11-10-21(18-24(22)38-4)35-16-13-28(14-17-35)12-7-15-34(28)3/h5-6,8-11,18-20H,7,12-17H2,1-4H3,(H2,29,30,31,32,33). The molecule has 0 aliphatic carbocycles. The SMILES string of the molecule is COc1cc(N2CCC3(CCCN3C)CC2)ccc1Nc1ncnc(Nc2ccccc2S(=O)(=O)C(C)C)n1. The normalized spacial score (nSPS) is 17.5. The first-order valence-corrected chi connectivity index (χ1v) is 15.0. The summed E-state index contributed by atoms with van der Waals surface area (Å²) in [5, 5.41) is 5.70. The number of likely N-dealkylation sites (tertiary alicyclic amines) is 1. The van der Waals surface area contributed by atoms with E-state index in [9.17, 15) is 8.42 Å². The summed E-state index contributed by atoms with van der Waals surface area (Å²) >= 11 is 0. The van der Waals surface area contributed by atoms with Crippen LogP contribution in [0.4, 0.5) is 29.0 Å². The number of hydrogen-bond donors (Lipinski definition) is 2. The molecular formula is C28H37N7O3S. The van der Waals surface area contributed by atoms with Crippen molar-refractivity contribution in [3.05, 3.63) is 48.8 Å². The Morgan fingerprint density at radius 3 is 2.28 bits per heavy atom. The number of ether oxygens (including phenoxy) is 1. The van der Waals surface area contributed by atoms with Gasteiger partial charge in [0.2, 0.25) is 11.9 Å². The third-order valence-electron chi connectivity index (χ3n) is 8.07. The maximum Gasteiger partial charge on any atom is 0.232 e. The molecule has 11 heteroatoms. The minimum atomic E-state index is -3.49. The van der Waals surface area contributed by atoms with Gasteiger partial charge in [-0.3, -0.25) is 0 Å². The van der Waals surface area contributed by atoms with E-state index < -0.39 is 15.1 Å². The van der Waals surface area contributed by atoms with Crippen LogP contribution in [0.2, 0.25) is 0 Å². The number of methoxy groups -OCH3 is 1. The fourth-order valence-corrected chi connectivity index (χ4v) is 6.80. The average molecular weight is 552 g/mol. The van der Waals surface area contributed by atoms with E-state index >= 15 is 0 Å². The van der Waals surface area contributed by atoms with Gasteiger partial charge in [0.15, 0.2) is 9.84 Å². The van der Waals surface area contributed by atoms with Crippen LogP contribution in [0.25, 0.3) is 0 Å². The number of nitrogens with zero attached hydrogens (tertiary/aromatic N) is 5. The quantitative estimate of drug-likeness (QED) is 0.411. The van der Waals surface area contributed by atoms with Crippen molar-refractivity contribution < 1.29 is 13.2 Å². The van der Waals surface area contributed by atoms with Crippen molar-refractivity contribution in [3.8, 4) is 5.75 Å². The van der Waals surface area contributed by atoms with Gasteiger partial charge in [0, 0.05) is 30.4 Å². The molecule has 2 aliphatic heterocycles. The number of nitrogens with one attached hydrogen (secondary N) is 2. The van der Waals surface area contributed by atoms with Crippen LogP contribution < -0.4 is 20.3 Å². The van der Waals surface area contributed by atoms with Crippen molar-refractivity contribution in [3.63, 3.8) is 0 Å². The van der Waals surface area contributed by atoms with Crippen LogP contribution in [0.1, 0.15) is 39.5 Å². The molecule has 208 valence electrons. The zero-order chi connectivity index (χ0) is 27.6. The number of aromatic nitrogens is 3. The number of anilines is 5. The molecule has 1 aromatic heterocycles. The Morgan fingerprint density at radius 1 is 0.949 bits per heavy atom. The molecule has 0 atom stereocenters. The number of benzene rings is 2. The van der Waals surface area contributed by atoms with Crippen molar-refractivity contribution in [1.82, 2.24) is 19.9 Å². The van der Waals surface area contributed by atoms with Gasteiger partial charge in [0.1, 0.15) is 12.1 Å². The third kappa shape index (κ3) is 5.51. The molecule has 0 unspecified atom stereocenters. The largest absolute Gasteiger partial charge is 0.494 e. The van der Waals surface area contributed by atoms with Crippen molar-refractivity contribution in [2.45, 2.75) is 55.2 Å². The lowest BCUT2D eigenvalue weighted by molar-refractivity contribution is 0.137. The number of piperidine rings is 1. The predicted molar refractivity (Wildman–Crippen MR) is 154 cm³/mol. The van der Waals surface area contributed by atoms with Gasteiger partial charge in [-0.25, -0.2) is 18.4 Å². The summed E-state index contributed by atoms with van der Waals surface area (Å²) < 4.78 is 31.3. The van der Waals surface area contributed by atoms with Crippen molar-refractivity contribution >= 4 is 38.8 Å². The molecular weight excluding hydrogens is 514 g/mol. The summed E-state index contributed by atoms with van der Waals surface area (Å²) in [4.78, 5) is 18.1. The van der Waals surface area contributed by atoms with E-state index in [4.69, 9.17) is 4.74 Å². The number of para-hydroxylation sites is 1. The number of sulfone groups is 1. The zero-order valence-electron chi connectivity index (χ0n) is 23.0. The summed E-state index contributed by atoms with van der Waals surface area (Å²) in [7, 11) is 0.422. The highest BCUT2D eigenvalue weighted by molar-refractivity contribution is 7.92. The molecule has 0 radical (unpaired) electrons. The molecule has 3 aromatic rings. The molecule has 0 bridgehead atoms. The van der Waals surface area contributed by atoms with Gasteiger partial charge >= 0.3 is 0 Å². The molecule has 2 fully saturated rings. The van der Waals surface area contributed by atoms with E-state index in [0.29, 0.717) is 22.9 Å². The van der Waals surface area contributed by atoms with Gasteiger partial charge in [-0.05, 0) is 77.4 Å². The summed E-state index contributed by atoms with van der Waals surface area (Å²) in [6.45, 7) is 6.57. The first-order chi connectivity index (χ1) is 18.7. The van der Waals surface area contributed by atoms with Crippen LogP contribution in [0.15, 0.2) is 53.7 Å². The Hall–Kier alpha value is -3.44. The summed E-state index contributed by atoms with van der Waals surface area (Å²) in [6, 6.07) is 12.9. The average Bonchev–Trinajstić information content (AvgIpc) is 3.28. The molecule has 0 saturated carbocycles. The highest BCUT2D eigenvalue weighted by Gasteiger charge is 2.41. The minimum absolute atomic E-state index is 0.204. The Balaban J connectivity index is 1.31. The van der Waals surface area contributed by atoms with E-state index in [0.717, 1.165) is 24.5 Å². The highest BCUT2D eigenvalue weighted by atomic mass is 32.2. The Bertz CT molecular complexity index is 1420. The van der Waals surface area contributed by atoms with Gasteiger partial charge in [-0.1, -0.05) is 12.1 Å². The zero-order valence-corrected chi connectivity index (χ0v) is 23.8. The van der Waals surface area contributed by atoms with Gasteiger partial charge in [-0.15, -0.1) is 0 Å². The predicted octanol–water partition coefficient (Wildman–Crippen LogP) is 4.61. The second-order valence-electron chi connectivity index (χ2n) is 10.6. The highest BCUT2D eigenvalue weighted by Crippen LogP contribution is 2.39. The van der Waals surface area contributed by atoms with E-state index in [1.54, 1.807) is 45.2 Å². The molecule has 2 aromatic carbocycles. The second-order valence-corrected chi connectivity index (χ2v) is 13.1. The van der Waals surface area contributed by atoms with Crippen molar-refractivity contribution in [2.75, 3.05) is 49.3 Å². The van der Waals surface area contributed by atoms with E-state index in [2.05, 4.69) is 48.5 Å². The Morgan fingerprint density at radius 2 is 1.64 bits per heavy atom. The fourth-order valence-electron chi connectivity index (χ4n) is 5.60. The lowest BCUT2D eigenvalue weighted by Gasteiger charge is -2.44. The summed E-state index contributed by atoms with van der Waals surface area (Å²) in [5.41, 5.74) is 2.64. The monoisotopic (exact) mass is 551 g/mol. The van der Waals surface area contributed by atoms with Gasteiger partial charge in [0.05, 0.1) is 28.6 Å². The minimum Gasteiger partial charge on any atom is -0.494 e. The molecule has 3 heterocycles. The fraction of sp³-hybridized carbons (Fsp3) is 0.464. The van der Waals surface area contributed by atoms with E-state index in [1.165, 1.54) is 38.6 Å². The Labute approximate surface area is 230 Å². The van der Waals surface area contributed by atoms with Crippen LogP contribution in [0, 0.1) is 0 Å². The topological polar surface area (TPSA) is 113 Å². The smallest absolute Gasteiger partial charge is 0.232 e. The first kappa shape index (κ1) is 27.1. The van der Waals surface area contributed by atoms with Crippen molar-refractivity contribution in [1.29, 1.82) is 0 Å². The van der Waals surface area contributed by atoms with Crippen LogP contribution in [0.3, 0.4) is 0 Å². The van der Waals surface area contributed by atoms with Crippen LogP contribution in [-0.4, -0.2) is 72.9 Å². The molecule has 2 N–H and O–H groups in total. The number of rotatable bonds is 8. The maximum absolute atomic E-state index is 12.8. The van der Waals surface area contributed by atoms with Crippen LogP contribution in [0.5, 0.6) is 5.75 Å².